The van der Waals surface area contributed by atoms with Crippen molar-refractivity contribution in [2.45, 2.75) is 44.4 Å². The summed E-state index contributed by atoms with van der Waals surface area (Å²) in [6.07, 6.45) is 4.33. The van der Waals surface area contributed by atoms with E-state index >= 15 is 0 Å². The standard InChI is InChI=1S/C15H20BrN3O2/c1-14(2,3)21-13(20)19-9-15(5-12(19)8-18-15)10-4-11(16)7-17-6-10/h4,6-7,12,18H,5,8-9H2,1-3H3/t12-,15+/m0/s1. The van der Waals surface area contributed by atoms with E-state index in [1.807, 2.05) is 31.9 Å². The van der Waals surface area contributed by atoms with Crippen molar-refractivity contribution in [2.75, 3.05) is 13.1 Å². The van der Waals surface area contributed by atoms with E-state index in [9.17, 15) is 4.79 Å². The molecule has 2 bridgehead atoms. The number of piperazine rings is 1. The Bertz CT molecular complexity index is 572. The Labute approximate surface area is 133 Å². The number of ether oxygens (including phenoxy) is 1. The number of hydrogen-bond donors (Lipinski definition) is 1. The van der Waals surface area contributed by atoms with E-state index in [2.05, 4.69) is 32.3 Å². The summed E-state index contributed by atoms with van der Waals surface area (Å²) in [6, 6.07) is 2.26. The van der Waals surface area contributed by atoms with Gasteiger partial charge in [0.1, 0.15) is 5.60 Å². The first-order chi connectivity index (χ1) is 9.79. The lowest BCUT2D eigenvalue weighted by Gasteiger charge is -2.34. The van der Waals surface area contributed by atoms with Crippen molar-refractivity contribution in [3.63, 3.8) is 0 Å². The van der Waals surface area contributed by atoms with Crippen LogP contribution < -0.4 is 5.32 Å². The summed E-state index contributed by atoms with van der Waals surface area (Å²) in [5.41, 5.74) is 0.459. The van der Waals surface area contributed by atoms with Gasteiger partial charge in [0.15, 0.2) is 0 Å². The van der Waals surface area contributed by atoms with Gasteiger partial charge in [-0.05, 0) is 54.8 Å². The van der Waals surface area contributed by atoms with Gasteiger partial charge in [-0.1, -0.05) is 0 Å². The maximum absolute atomic E-state index is 12.3. The second kappa shape index (κ2) is 4.95. The molecule has 2 atom stereocenters. The van der Waals surface area contributed by atoms with Crippen LogP contribution in [0.4, 0.5) is 4.79 Å². The number of likely N-dealkylation sites (tertiary alicyclic amines) is 1. The number of nitrogens with one attached hydrogen (secondary N) is 1. The van der Waals surface area contributed by atoms with Crippen molar-refractivity contribution in [3.8, 4) is 0 Å². The molecule has 0 spiro atoms. The number of amides is 1. The fraction of sp³-hybridized carbons (Fsp3) is 0.600. The van der Waals surface area contributed by atoms with E-state index in [-0.39, 0.29) is 17.7 Å². The lowest BCUT2D eigenvalue weighted by atomic mass is 9.92. The summed E-state index contributed by atoms with van der Waals surface area (Å²) in [4.78, 5) is 18.4. The second-order valence-electron chi connectivity index (χ2n) is 6.82. The van der Waals surface area contributed by atoms with Crippen LogP contribution in [0.1, 0.15) is 32.8 Å². The summed E-state index contributed by atoms with van der Waals surface area (Å²) in [5.74, 6) is 0. The van der Waals surface area contributed by atoms with Crippen LogP contribution in [-0.2, 0) is 10.3 Å². The molecule has 2 saturated heterocycles. The Morgan fingerprint density at radius 2 is 2.29 bits per heavy atom. The Kier molecular flexibility index (Phi) is 3.48. The maximum atomic E-state index is 12.3. The van der Waals surface area contributed by atoms with Gasteiger partial charge in [-0.2, -0.15) is 0 Å². The molecule has 3 heterocycles. The number of nitrogens with zero attached hydrogens (tertiary/aromatic N) is 2. The van der Waals surface area contributed by atoms with Crippen molar-refractivity contribution in [3.05, 3.63) is 28.5 Å². The summed E-state index contributed by atoms with van der Waals surface area (Å²) in [5, 5.41) is 3.55. The zero-order valence-electron chi connectivity index (χ0n) is 12.5. The molecular formula is C15H20BrN3O2. The Morgan fingerprint density at radius 3 is 2.95 bits per heavy atom. The van der Waals surface area contributed by atoms with Gasteiger partial charge in [0.05, 0.1) is 5.54 Å². The Morgan fingerprint density at radius 1 is 1.52 bits per heavy atom. The fourth-order valence-electron chi connectivity index (χ4n) is 3.14. The molecule has 0 unspecified atom stereocenters. The van der Waals surface area contributed by atoms with Crippen molar-refractivity contribution < 1.29 is 9.53 Å². The van der Waals surface area contributed by atoms with Gasteiger partial charge < -0.3 is 15.0 Å². The first-order valence-electron chi connectivity index (χ1n) is 7.15. The molecule has 1 aromatic rings. The molecule has 2 aliphatic rings. The number of rotatable bonds is 1. The highest BCUT2D eigenvalue weighted by atomic mass is 79.9. The molecule has 1 aromatic heterocycles. The molecule has 2 fully saturated rings. The van der Waals surface area contributed by atoms with E-state index < -0.39 is 5.60 Å². The predicted molar refractivity (Wildman–Crippen MR) is 83.0 cm³/mol. The molecular weight excluding hydrogens is 334 g/mol. The summed E-state index contributed by atoms with van der Waals surface area (Å²) < 4.78 is 6.47. The first kappa shape index (κ1) is 14.8. The number of hydrogen-bond acceptors (Lipinski definition) is 4. The summed E-state index contributed by atoms with van der Waals surface area (Å²) in [6.45, 7) is 7.11. The van der Waals surface area contributed by atoms with Gasteiger partial charge in [0.25, 0.3) is 0 Å². The molecule has 1 amide bonds. The average Bonchev–Trinajstić information content (AvgIpc) is 2.96. The Hall–Kier alpha value is -1.14. The fourth-order valence-corrected chi connectivity index (χ4v) is 3.50. The molecule has 0 aliphatic carbocycles. The predicted octanol–water partition coefficient (Wildman–Crippen LogP) is 2.65. The largest absolute Gasteiger partial charge is 0.444 e. The van der Waals surface area contributed by atoms with Gasteiger partial charge in [0.2, 0.25) is 0 Å². The lowest BCUT2D eigenvalue weighted by molar-refractivity contribution is 0.0183. The molecule has 6 heteroatoms. The van der Waals surface area contributed by atoms with Crippen LogP contribution in [0.3, 0.4) is 0 Å². The number of carbonyl (C=O) groups is 1. The lowest BCUT2D eigenvalue weighted by Crippen LogP contribution is -2.52. The Balaban J connectivity index is 1.81. The van der Waals surface area contributed by atoms with E-state index in [4.69, 9.17) is 4.74 Å². The molecule has 0 saturated carbocycles. The van der Waals surface area contributed by atoms with Gasteiger partial charge in [-0.25, -0.2) is 4.79 Å². The average molecular weight is 354 g/mol. The van der Waals surface area contributed by atoms with Crippen molar-refractivity contribution in [1.29, 1.82) is 0 Å². The summed E-state index contributed by atoms with van der Waals surface area (Å²) in [7, 11) is 0. The second-order valence-corrected chi connectivity index (χ2v) is 7.74. The van der Waals surface area contributed by atoms with Crippen molar-refractivity contribution in [1.82, 2.24) is 15.2 Å². The normalized spacial score (nSPS) is 28.0. The van der Waals surface area contributed by atoms with Crippen LogP contribution in [0.2, 0.25) is 0 Å². The van der Waals surface area contributed by atoms with Crippen molar-refractivity contribution in [2.24, 2.45) is 0 Å². The highest BCUT2D eigenvalue weighted by Crippen LogP contribution is 2.41. The zero-order valence-corrected chi connectivity index (χ0v) is 14.1. The molecule has 0 radical (unpaired) electrons. The van der Waals surface area contributed by atoms with Gasteiger partial charge in [-0.3, -0.25) is 4.98 Å². The summed E-state index contributed by atoms with van der Waals surface area (Å²) >= 11 is 3.46. The van der Waals surface area contributed by atoms with Crippen molar-refractivity contribution >= 4 is 22.0 Å². The minimum absolute atomic E-state index is 0.193. The topological polar surface area (TPSA) is 54.5 Å². The van der Waals surface area contributed by atoms with Gasteiger partial charge in [0, 0.05) is 36.0 Å². The number of aromatic nitrogens is 1. The van der Waals surface area contributed by atoms with E-state index in [0.29, 0.717) is 6.54 Å². The van der Waals surface area contributed by atoms with Crippen LogP contribution in [-0.4, -0.2) is 40.7 Å². The van der Waals surface area contributed by atoms with E-state index in [1.165, 1.54) is 0 Å². The molecule has 114 valence electrons. The third kappa shape index (κ3) is 2.79. The number of carbonyl (C=O) groups excluding carboxylic acids is 1. The minimum Gasteiger partial charge on any atom is -0.444 e. The first-order valence-corrected chi connectivity index (χ1v) is 7.94. The van der Waals surface area contributed by atoms with Crippen LogP contribution in [0.5, 0.6) is 0 Å². The quantitative estimate of drug-likeness (QED) is 0.843. The highest BCUT2D eigenvalue weighted by molar-refractivity contribution is 9.10. The van der Waals surface area contributed by atoms with Crippen LogP contribution in [0.25, 0.3) is 0 Å². The monoisotopic (exact) mass is 353 g/mol. The smallest absolute Gasteiger partial charge is 0.410 e. The minimum atomic E-state index is -0.461. The molecule has 2 aliphatic heterocycles. The number of pyridine rings is 1. The third-order valence-electron chi connectivity index (χ3n) is 4.03. The van der Waals surface area contributed by atoms with Crippen LogP contribution in [0, 0.1) is 0 Å². The van der Waals surface area contributed by atoms with Gasteiger partial charge >= 0.3 is 6.09 Å². The highest BCUT2D eigenvalue weighted by Gasteiger charge is 2.53. The van der Waals surface area contributed by atoms with Crippen LogP contribution >= 0.6 is 15.9 Å². The van der Waals surface area contributed by atoms with Gasteiger partial charge in [-0.15, -0.1) is 0 Å². The zero-order chi connectivity index (χ0) is 15.3. The third-order valence-corrected chi connectivity index (χ3v) is 4.46. The van der Waals surface area contributed by atoms with E-state index in [1.54, 1.807) is 6.20 Å². The molecule has 1 N–H and O–H groups in total. The molecule has 0 aromatic carbocycles. The molecule has 21 heavy (non-hydrogen) atoms. The molecule has 5 nitrogen and oxygen atoms in total. The van der Waals surface area contributed by atoms with E-state index in [0.717, 1.165) is 23.0 Å². The molecule has 3 rings (SSSR count). The maximum Gasteiger partial charge on any atom is 0.410 e. The number of halogens is 1. The van der Waals surface area contributed by atoms with Crippen LogP contribution in [0.15, 0.2) is 22.9 Å². The number of fused-ring (bicyclic) bond motifs is 2. The SMILES string of the molecule is CC(C)(C)OC(=O)N1C[C@@]2(c3cncc(Br)c3)C[C@H]1CN2.